The van der Waals surface area contributed by atoms with Crippen LogP contribution in [0.1, 0.15) is 106 Å². The predicted molar refractivity (Wildman–Crippen MR) is 135 cm³/mol. The third kappa shape index (κ3) is 7.57. The number of ether oxygens (including phenoxy) is 2. The fraction of sp³-hybridized carbons (Fsp3) is 0.500. The molecule has 2 aromatic carbocycles. The lowest BCUT2D eigenvalue weighted by molar-refractivity contribution is -0.175. The molecule has 0 amide bonds. The van der Waals surface area contributed by atoms with E-state index in [0.717, 1.165) is 24.8 Å². The van der Waals surface area contributed by atoms with Crippen LogP contribution in [-0.4, -0.2) is 12.6 Å². The van der Waals surface area contributed by atoms with Crippen LogP contribution in [0.2, 0.25) is 0 Å². The molecule has 3 nitrogen and oxygen atoms in total. The summed E-state index contributed by atoms with van der Waals surface area (Å²) in [5.41, 5.74) is 5.19. The van der Waals surface area contributed by atoms with E-state index in [1.165, 1.54) is 61.3 Å². The Hall–Kier alpha value is -2.39. The molecular formula is C30H40O3. The highest BCUT2D eigenvalue weighted by Crippen LogP contribution is 2.40. The fourth-order valence-electron chi connectivity index (χ4n) is 4.82. The van der Waals surface area contributed by atoms with Crippen molar-refractivity contribution < 1.29 is 14.3 Å². The average molecular weight is 449 g/mol. The molecule has 0 heterocycles. The molecule has 0 bridgehead atoms. The monoisotopic (exact) mass is 448 g/mol. The summed E-state index contributed by atoms with van der Waals surface area (Å²) < 4.78 is 11.3. The maximum atomic E-state index is 11.8. The number of rotatable bonds is 12. The first-order valence-corrected chi connectivity index (χ1v) is 12.8. The normalized spacial score (nSPS) is 19.1. The van der Waals surface area contributed by atoms with E-state index in [1.807, 2.05) is 0 Å². The van der Waals surface area contributed by atoms with Crippen LogP contribution in [0.3, 0.4) is 0 Å². The SMILES string of the molecule is C=CC(=O)OC(OCCCCC)c1ccc(C2CCC(c3ccc(CCC)cc3)CC2)cc1. The van der Waals surface area contributed by atoms with Crippen molar-refractivity contribution in [3.05, 3.63) is 83.4 Å². The Morgan fingerprint density at radius 2 is 1.48 bits per heavy atom. The highest BCUT2D eigenvalue weighted by atomic mass is 16.7. The average Bonchev–Trinajstić information content (AvgIpc) is 2.86. The molecule has 1 unspecified atom stereocenters. The van der Waals surface area contributed by atoms with Gasteiger partial charge in [-0.15, -0.1) is 0 Å². The van der Waals surface area contributed by atoms with Crippen molar-refractivity contribution in [3.63, 3.8) is 0 Å². The predicted octanol–water partition coefficient (Wildman–Crippen LogP) is 8.02. The summed E-state index contributed by atoms with van der Waals surface area (Å²) in [6, 6.07) is 17.8. The van der Waals surface area contributed by atoms with Crippen LogP contribution in [-0.2, 0) is 20.7 Å². The van der Waals surface area contributed by atoms with Gasteiger partial charge >= 0.3 is 5.97 Å². The second-order valence-electron chi connectivity index (χ2n) is 9.26. The molecule has 2 aromatic rings. The third-order valence-electron chi connectivity index (χ3n) is 6.80. The van der Waals surface area contributed by atoms with Gasteiger partial charge in [0.1, 0.15) is 0 Å². The van der Waals surface area contributed by atoms with E-state index >= 15 is 0 Å². The van der Waals surface area contributed by atoms with E-state index in [-0.39, 0.29) is 0 Å². The number of aryl methyl sites for hydroxylation is 1. The Labute approximate surface area is 200 Å². The largest absolute Gasteiger partial charge is 0.428 e. The molecule has 1 aliphatic carbocycles. The maximum absolute atomic E-state index is 11.8. The number of unbranched alkanes of at least 4 members (excludes halogenated alkanes) is 2. The lowest BCUT2D eigenvalue weighted by Crippen LogP contribution is -2.14. The molecule has 0 aromatic heterocycles. The number of benzene rings is 2. The van der Waals surface area contributed by atoms with Crippen molar-refractivity contribution in [3.8, 4) is 0 Å². The maximum Gasteiger partial charge on any atom is 0.332 e. The molecule has 0 spiro atoms. The van der Waals surface area contributed by atoms with Crippen LogP contribution < -0.4 is 0 Å². The molecule has 3 rings (SSSR count). The number of hydrogen-bond donors (Lipinski definition) is 0. The van der Waals surface area contributed by atoms with E-state index < -0.39 is 12.3 Å². The highest BCUT2D eigenvalue weighted by molar-refractivity contribution is 5.81. The van der Waals surface area contributed by atoms with E-state index in [9.17, 15) is 4.79 Å². The van der Waals surface area contributed by atoms with Gasteiger partial charge in [0, 0.05) is 11.6 Å². The summed E-state index contributed by atoms with van der Waals surface area (Å²) in [6.07, 6.45) is 11.0. The first-order valence-electron chi connectivity index (χ1n) is 12.8. The molecule has 0 aliphatic heterocycles. The van der Waals surface area contributed by atoms with E-state index in [4.69, 9.17) is 9.47 Å². The molecule has 1 saturated carbocycles. The van der Waals surface area contributed by atoms with E-state index in [0.29, 0.717) is 18.4 Å². The molecule has 178 valence electrons. The van der Waals surface area contributed by atoms with Gasteiger partial charge in [-0.3, -0.25) is 0 Å². The van der Waals surface area contributed by atoms with Gasteiger partial charge in [-0.2, -0.15) is 0 Å². The van der Waals surface area contributed by atoms with Gasteiger partial charge in [0.2, 0.25) is 6.29 Å². The van der Waals surface area contributed by atoms with Crippen LogP contribution in [0.5, 0.6) is 0 Å². The van der Waals surface area contributed by atoms with Gasteiger partial charge in [0.25, 0.3) is 0 Å². The molecule has 3 heteroatoms. The van der Waals surface area contributed by atoms with Crippen LogP contribution in [0.4, 0.5) is 0 Å². The molecular weight excluding hydrogens is 408 g/mol. The lowest BCUT2D eigenvalue weighted by atomic mass is 9.76. The molecule has 33 heavy (non-hydrogen) atoms. The lowest BCUT2D eigenvalue weighted by Gasteiger charge is -2.29. The number of carbonyl (C=O) groups excluding carboxylic acids is 1. The molecule has 1 fully saturated rings. The van der Waals surface area contributed by atoms with E-state index in [1.54, 1.807) is 0 Å². The zero-order chi connectivity index (χ0) is 23.5. The minimum atomic E-state index is -0.673. The fourth-order valence-corrected chi connectivity index (χ4v) is 4.82. The van der Waals surface area contributed by atoms with E-state index in [2.05, 4.69) is 69.0 Å². The molecule has 1 aliphatic rings. The molecule has 0 radical (unpaired) electrons. The van der Waals surface area contributed by atoms with Gasteiger partial charge in [-0.25, -0.2) is 4.79 Å². The minimum Gasteiger partial charge on any atom is -0.428 e. The Bertz CT molecular complexity index is 845. The van der Waals surface area contributed by atoms with Crippen LogP contribution in [0.25, 0.3) is 0 Å². The Kier molecular flexibility index (Phi) is 10.2. The highest BCUT2D eigenvalue weighted by Gasteiger charge is 2.24. The quantitative estimate of drug-likeness (QED) is 0.143. The number of carbonyl (C=O) groups is 1. The van der Waals surface area contributed by atoms with Crippen LogP contribution >= 0.6 is 0 Å². The standard InChI is InChI=1S/C30H40O3/c1-4-7-8-22-32-30(33-29(31)6-3)28-20-18-27(19-21-28)26-16-14-25(15-17-26)24-12-10-23(9-5-2)11-13-24/h6,10-13,18-21,25-26,30H,3-5,7-9,14-17,22H2,1-2H3. The summed E-state index contributed by atoms with van der Waals surface area (Å²) >= 11 is 0. The van der Waals surface area contributed by atoms with Crippen molar-refractivity contribution in [2.75, 3.05) is 6.61 Å². The van der Waals surface area contributed by atoms with Gasteiger partial charge < -0.3 is 9.47 Å². The topological polar surface area (TPSA) is 35.5 Å². The van der Waals surface area contributed by atoms with Crippen molar-refractivity contribution in [2.24, 2.45) is 0 Å². The zero-order valence-corrected chi connectivity index (χ0v) is 20.4. The summed E-state index contributed by atoms with van der Waals surface area (Å²) in [7, 11) is 0. The van der Waals surface area contributed by atoms with Crippen molar-refractivity contribution in [1.29, 1.82) is 0 Å². The van der Waals surface area contributed by atoms with Gasteiger partial charge in [-0.1, -0.05) is 88.2 Å². The molecule has 0 saturated heterocycles. The number of esters is 1. The van der Waals surface area contributed by atoms with Crippen molar-refractivity contribution >= 4 is 5.97 Å². The Morgan fingerprint density at radius 1 is 0.909 bits per heavy atom. The van der Waals surface area contributed by atoms with Crippen molar-refractivity contribution in [2.45, 2.75) is 89.8 Å². The molecule has 1 atom stereocenters. The summed E-state index contributed by atoms with van der Waals surface area (Å²) in [5.74, 6) is 0.811. The van der Waals surface area contributed by atoms with Gasteiger partial charge in [-0.05, 0) is 67.1 Å². The van der Waals surface area contributed by atoms with Gasteiger partial charge in [0.15, 0.2) is 0 Å². The summed E-state index contributed by atoms with van der Waals surface area (Å²) in [5, 5.41) is 0. The summed E-state index contributed by atoms with van der Waals surface area (Å²) in [6.45, 7) is 8.47. The van der Waals surface area contributed by atoms with Crippen molar-refractivity contribution in [1.82, 2.24) is 0 Å². The number of hydrogen-bond acceptors (Lipinski definition) is 3. The zero-order valence-electron chi connectivity index (χ0n) is 20.4. The van der Waals surface area contributed by atoms with Crippen LogP contribution in [0, 0.1) is 0 Å². The Balaban J connectivity index is 1.57. The smallest absolute Gasteiger partial charge is 0.332 e. The first-order chi connectivity index (χ1) is 16.1. The second kappa shape index (κ2) is 13.3. The molecule has 0 N–H and O–H groups in total. The Morgan fingerprint density at radius 3 is 2.00 bits per heavy atom. The second-order valence-corrected chi connectivity index (χ2v) is 9.26. The van der Waals surface area contributed by atoms with Gasteiger partial charge in [0.05, 0.1) is 6.61 Å². The minimum absolute atomic E-state index is 0.458. The first kappa shape index (κ1) is 25.2. The van der Waals surface area contributed by atoms with Crippen LogP contribution in [0.15, 0.2) is 61.2 Å². The summed E-state index contributed by atoms with van der Waals surface area (Å²) in [4.78, 5) is 11.8. The third-order valence-corrected chi connectivity index (χ3v) is 6.80.